The zero-order valence-electron chi connectivity index (χ0n) is 12.4. The second kappa shape index (κ2) is 9.34. The van der Waals surface area contributed by atoms with Gasteiger partial charge in [-0.3, -0.25) is 4.79 Å². The topological polar surface area (TPSA) is 49.8 Å². The van der Waals surface area contributed by atoms with Crippen molar-refractivity contribution in [3.8, 4) is 0 Å². The van der Waals surface area contributed by atoms with E-state index in [4.69, 9.17) is 9.84 Å². The summed E-state index contributed by atoms with van der Waals surface area (Å²) in [6, 6.07) is 0. The van der Waals surface area contributed by atoms with Crippen molar-refractivity contribution in [1.82, 2.24) is 4.90 Å². The normalized spacial score (nSPS) is 11.6. The van der Waals surface area contributed by atoms with Gasteiger partial charge in [-0.1, -0.05) is 26.2 Å². The summed E-state index contributed by atoms with van der Waals surface area (Å²) in [5, 5.41) is 8.98. The number of amides is 1. The largest absolute Gasteiger partial charge is 0.395 e. The fraction of sp³-hybridized carbons (Fsp3) is 0.929. The predicted octanol–water partition coefficient (Wildman–Crippen LogP) is 2.20. The number of hydrogen-bond donors (Lipinski definition) is 1. The average Bonchev–Trinajstić information content (AvgIpc) is 2.29. The number of aliphatic hydroxyl groups excluding tert-OH is 1. The Balaban J connectivity index is 4.02. The van der Waals surface area contributed by atoms with Crippen molar-refractivity contribution < 1.29 is 14.6 Å². The van der Waals surface area contributed by atoms with Gasteiger partial charge < -0.3 is 14.7 Å². The molecule has 0 saturated carbocycles. The Labute approximate surface area is 111 Å². The van der Waals surface area contributed by atoms with E-state index in [9.17, 15) is 4.79 Å². The molecule has 0 rings (SSSR count). The number of hydrogen-bond acceptors (Lipinski definition) is 3. The van der Waals surface area contributed by atoms with Crippen LogP contribution in [0.1, 0.15) is 53.4 Å². The minimum atomic E-state index is -0.303. The highest BCUT2D eigenvalue weighted by atomic mass is 16.5. The Morgan fingerprint density at radius 2 is 1.83 bits per heavy atom. The van der Waals surface area contributed by atoms with Gasteiger partial charge in [0, 0.05) is 13.1 Å². The lowest BCUT2D eigenvalue weighted by Crippen LogP contribution is -2.38. The maximum atomic E-state index is 11.9. The van der Waals surface area contributed by atoms with Gasteiger partial charge >= 0.3 is 0 Å². The third-order valence-electron chi connectivity index (χ3n) is 2.63. The van der Waals surface area contributed by atoms with Gasteiger partial charge in [0.25, 0.3) is 0 Å². The minimum absolute atomic E-state index is 0.00896. The van der Waals surface area contributed by atoms with E-state index >= 15 is 0 Å². The molecule has 0 aliphatic rings. The molecular formula is C14H29NO3. The summed E-state index contributed by atoms with van der Waals surface area (Å²) < 4.78 is 5.47. The molecule has 0 saturated heterocycles. The molecule has 1 amide bonds. The second-order valence-electron chi connectivity index (χ2n) is 5.57. The monoisotopic (exact) mass is 259 g/mol. The number of aliphatic hydroxyl groups is 1. The van der Waals surface area contributed by atoms with Crippen LogP contribution < -0.4 is 0 Å². The van der Waals surface area contributed by atoms with Crippen molar-refractivity contribution in [3.63, 3.8) is 0 Å². The van der Waals surface area contributed by atoms with Crippen LogP contribution in [-0.4, -0.2) is 47.8 Å². The zero-order chi connectivity index (χ0) is 14.0. The Hall–Kier alpha value is -0.610. The van der Waals surface area contributed by atoms with Crippen LogP contribution in [0.25, 0.3) is 0 Å². The van der Waals surface area contributed by atoms with Crippen molar-refractivity contribution in [2.75, 3.05) is 26.3 Å². The first-order valence-electron chi connectivity index (χ1n) is 6.93. The summed E-state index contributed by atoms with van der Waals surface area (Å²) in [7, 11) is 0. The lowest BCUT2D eigenvalue weighted by atomic mass is 10.2. The average molecular weight is 259 g/mol. The molecule has 108 valence electrons. The van der Waals surface area contributed by atoms with Gasteiger partial charge in [0.2, 0.25) is 5.91 Å². The number of nitrogens with zero attached hydrogens (tertiary/aromatic N) is 1. The molecule has 4 heteroatoms. The lowest BCUT2D eigenvalue weighted by Gasteiger charge is -2.25. The van der Waals surface area contributed by atoms with E-state index in [0.717, 1.165) is 12.8 Å². The van der Waals surface area contributed by atoms with Crippen LogP contribution in [0.5, 0.6) is 0 Å². The summed E-state index contributed by atoms with van der Waals surface area (Å²) in [5.41, 5.74) is -0.303. The highest BCUT2D eigenvalue weighted by Gasteiger charge is 2.17. The molecule has 0 aromatic rings. The van der Waals surface area contributed by atoms with Gasteiger partial charge in [0.05, 0.1) is 12.2 Å². The van der Waals surface area contributed by atoms with Crippen LogP contribution in [0, 0.1) is 0 Å². The van der Waals surface area contributed by atoms with E-state index in [1.165, 1.54) is 12.8 Å². The number of rotatable bonds is 9. The van der Waals surface area contributed by atoms with E-state index in [0.29, 0.717) is 13.1 Å². The lowest BCUT2D eigenvalue weighted by molar-refractivity contribution is -0.141. The van der Waals surface area contributed by atoms with Crippen molar-refractivity contribution >= 4 is 5.91 Å². The molecule has 0 aromatic heterocycles. The summed E-state index contributed by atoms with van der Waals surface area (Å²) in [6.45, 7) is 9.17. The fourth-order valence-corrected chi connectivity index (χ4v) is 1.58. The van der Waals surface area contributed by atoms with Gasteiger partial charge in [-0.2, -0.15) is 0 Å². The van der Waals surface area contributed by atoms with Gasteiger partial charge in [-0.15, -0.1) is 0 Å². The van der Waals surface area contributed by atoms with Crippen LogP contribution in [0.4, 0.5) is 0 Å². The first-order valence-corrected chi connectivity index (χ1v) is 6.93. The molecule has 0 bridgehead atoms. The SMILES string of the molecule is CCCCCCN(CCO)C(=O)COC(C)(C)C. The maximum Gasteiger partial charge on any atom is 0.248 e. The number of unbranched alkanes of at least 4 members (excludes halogenated alkanes) is 3. The Morgan fingerprint density at radius 3 is 2.33 bits per heavy atom. The Bertz CT molecular complexity index is 224. The molecular weight excluding hydrogens is 230 g/mol. The molecule has 0 spiro atoms. The van der Waals surface area contributed by atoms with E-state index < -0.39 is 0 Å². The first-order chi connectivity index (χ1) is 8.40. The maximum absolute atomic E-state index is 11.9. The molecule has 0 fully saturated rings. The molecule has 0 radical (unpaired) electrons. The fourth-order valence-electron chi connectivity index (χ4n) is 1.58. The summed E-state index contributed by atoms with van der Waals surface area (Å²) in [6.07, 6.45) is 4.50. The molecule has 0 heterocycles. The molecule has 0 aromatic carbocycles. The standard InChI is InChI=1S/C14H29NO3/c1-5-6-7-8-9-15(10-11-16)13(17)12-18-14(2,3)4/h16H,5-12H2,1-4H3. The van der Waals surface area contributed by atoms with E-state index in [1.807, 2.05) is 20.8 Å². The molecule has 18 heavy (non-hydrogen) atoms. The third kappa shape index (κ3) is 9.42. The molecule has 4 nitrogen and oxygen atoms in total. The van der Waals surface area contributed by atoms with Crippen LogP contribution in [0.15, 0.2) is 0 Å². The van der Waals surface area contributed by atoms with Crippen LogP contribution in [-0.2, 0) is 9.53 Å². The zero-order valence-corrected chi connectivity index (χ0v) is 12.4. The molecule has 0 atom stereocenters. The van der Waals surface area contributed by atoms with Gasteiger partial charge in [0.1, 0.15) is 6.61 Å². The van der Waals surface area contributed by atoms with Gasteiger partial charge in [-0.25, -0.2) is 0 Å². The van der Waals surface area contributed by atoms with Gasteiger partial charge in [-0.05, 0) is 27.2 Å². The van der Waals surface area contributed by atoms with Gasteiger partial charge in [0.15, 0.2) is 0 Å². The van der Waals surface area contributed by atoms with Crippen molar-refractivity contribution in [3.05, 3.63) is 0 Å². The molecule has 0 unspecified atom stereocenters. The Kier molecular flexibility index (Phi) is 9.02. The van der Waals surface area contributed by atoms with Crippen LogP contribution in [0.2, 0.25) is 0 Å². The van der Waals surface area contributed by atoms with Crippen LogP contribution >= 0.6 is 0 Å². The molecule has 0 aliphatic heterocycles. The third-order valence-corrected chi connectivity index (χ3v) is 2.63. The Morgan fingerprint density at radius 1 is 1.17 bits per heavy atom. The van der Waals surface area contributed by atoms with Crippen LogP contribution in [0.3, 0.4) is 0 Å². The highest BCUT2D eigenvalue weighted by molar-refractivity contribution is 5.77. The number of carbonyl (C=O) groups excluding carboxylic acids is 1. The second-order valence-corrected chi connectivity index (χ2v) is 5.57. The van der Waals surface area contributed by atoms with Crippen molar-refractivity contribution in [1.29, 1.82) is 0 Å². The van der Waals surface area contributed by atoms with E-state index in [2.05, 4.69) is 6.92 Å². The molecule has 0 aliphatic carbocycles. The van der Waals surface area contributed by atoms with Crippen molar-refractivity contribution in [2.24, 2.45) is 0 Å². The first kappa shape index (κ1) is 17.4. The number of ether oxygens (including phenoxy) is 1. The van der Waals surface area contributed by atoms with E-state index in [-0.39, 0.29) is 24.7 Å². The van der Waals surface area contributed by atoms with Crippen molar-refractivity contribution in [2.45, 2.75) is 59.0 Å². The highest BCUT2D eigenvalue weighted by Crippen LogP contribution is 2.08. The summed E-state index contributed by atoms with van der Waals surface area (Å²) in [5.74, 6) is -0.0320. The quantitative estimate of drug-likeness (QED) is 0.646. The minimum Gasteiger partial charge on any atom is -0.395 e. The predicted molar refractivity (Wildman–Crippen MR) is 73.5 cm³/mol. The smallest absolute Gasteiger partial charge is 0.248 e. The molecule has 1 N–H and O–H groups in total. The van der Waals surface area contributed by atoms with E-state index in [1.54, 1.807) is 4.90 Å². The summed E-state index contributed by atoms with van der Waals surface area (Å²) >= 11 is 0. The summed E-state index contributed by atoms with van der Waals surface area (Å²) in [4.78, 5) is 13.6. The number of carbonyl (C=O) groups is 1.